The molecule has 0 unspecified atom stereocenters. The van der Waals surface area contributed by atoms with Crippen LogP contribution in [-0.4, -0.2) is 99.0 Å². The van der Waals surface area contributed by atoms with Crippen molar-refractivity contribution in [2.75, 3.05) is 26.4 Å². The third-order valence-corrected chi connectivity index (χ3v) is 15.6. The van der Waals surface area contributed by atoms with Crippen LogP contribution in [0.2, 0.25) is 0 Å². The van der Waals surface area contributed by atoms with Crippen LogP contribution in [0.25, 0.3) is 0 Å². The van der Waals surface area contributed by atoms with Crippen molar-refractivity contribution >= 4 is 23.9 Å². The number of carbonyl (C=O) groups is 4. The molecule has 13 heteroatoms. The standard InChI is InChI=1S/C43H66O13/c1-23-11-16-43(51-21-23)24(2)36-34(56-43)20-33-31-10-9-29-19-30(12-14-41(29,7)32(31)13-15-42(33,36)8)48-17-18-49-40-39(54-28(6)47)38(53-27(5)46)37(52-26(4)45)35(55-40)22-50-25(3)44/h23-24,29-40H,9-22H2,1-8H3/t23-,24+,29+,30+,31-,32+,33+,34+,35-,36+,37+,38+,39-,40-,41+,42+,43-/m1/s1. The number of rotatable bonds is 10. The van der Waals surface area contributed by atoms with Gasteiger partial charge in [0, 0.05) is 40.0 Å². The van der Waals surface area contributed by atoms with Crippen molar-refractivity contribution in [3.8, 4) is 0 Å². The molecule has 1 spiro atoms. The van der Waals surface area contributed by atoms with E-state index in [0.29, 0.717) is 46.5 Å². The Morgan fingerprint density at radius 1 is 0.696 bits per heavy atom. The molecule has 3 saturated heterocycles. The summed E-state index contributed by atoms with van der Waals surface area (Å²) in [5.41, 5.74) is 0.601. The van der Waals surface area contributed by atoms with Crippen LogP contribution in [-0.2, 0) is 61.8 Å². The molecular weight excluding hydrogens is 724 g/mol. The molecule has 17 atom stereocenters. The number of fused-ring (bicyclic) bond motifs is 7. The van der Waals surface area contributed by atoms with Gasteiger partial charge in [-0.1, -0.05) is 27.7 Å². The minimum absolute atomic E-state index is 0.102. The molecule has 3 aliphatic heterocycles. The molecule has 7 fully saturated rings. The van der Waals surface area contributed by atoms with Crippen LogP contribution >= 0.6 is 0 Å². The molecule has 3 heterocycles. The topological polar surface area (TPSA) is 151 Å². The van der Waals surface area contributed by atoms with E-state index in [-0.39, 0.29) is 31.7 Å². The molecule has 4 saturated carbocycles. The first-order chi connectivity index (χ1) is 26.5. The van der Waals surface area contributed by atoms with Crippen molar-refractivity contribution in [1.29, 1.82) is 0 Å². The highest BCUT2D eigenvalue weighted by Crippen LogP contribution is 2.71. The molecule has 56 heavy (non-hydrogen) atoms. The van der Waals surface area contributed by atoms with Gasteiger partial charge in [-0.15, -0.1) is 0 Å². The maximum absolute atomic E-state index is 12.2. The fourth-order valence-corrected chi connectivity index (χ4v) is 13.1. The Morgan fingerprint density at radius 3 is 2.05 bits per heavy atom. The van der Waals surface area contributed by atoms with Crippen LogP contribution in [0.3, 0.4) is 0 Å². The maximum atomic E-state index is 12.2. The van der Waals surface area contributed by atoms with Gasteiger partial charge in [-0.2, -0.15) is 0 Å². The molecule has 0 aromatic heterocycles. The van der Waals surface area contributed by atoms with Crippen LogP contribution in [0.5, 0.6) is 0 Å². The highest BCUT2D eigenvalue weighted by molar-refractivity contribution is 5.68. The molecular formula is C43H66O13. The highest BCUT2D eigenvalue weighted by Gasteiger charge is 2.69. The molecule has 316 valence electrons. The fraction of sp³-hybridized carbons (Fsp3) is 0.907. The quantitative estimate of drug-likeness (QED) is 0.147. The van der Waals surface area contributed by atoms with Gasteiger partial charge in [0.15, 0.2) is 30.4 Å². The second kappa shape index (κ2) is 16.4. The van der Waals surface area contributed by atoms with E-state index in [4.69, 9.17) is 42.6 Å². The monoisotopic (exact) mass is 790 g/mol. The fourth-order valence-electron chi connectivity index (χ4n) is 13.1. The largest absolute Gasteiger partial charge is 0.463 e. The van der Waals surface area contributed by atoms with Gasteiger partial charge in [-0.3, -0.25) is 19.2 Å². The molecule has 7 aliphatic rings. The first-order valence-corrected chi connectivity index (χ1v) is 21.4. The zero-order valence-electron chi connectivity index (χ0n) is 34.8. The lowest BCUT2D eigenvalue weighted by Gasteiger charge is -2.61. The van der Waals surface area contributed by atoms with Crippen LogP contribution in [0, 0.1) is 52.3 Å². The van der Waals surface area contributed by atoms with Gasteiger partial charge in [0.25, 0.3) is 0 Å². The Kier molecular flexibility index (Phi) is 12.2. The maximum Gasteiger partial charge on any atom is 0.303 e. The van der Waals surface area contributed by atoms with Gasteiger partial charge in [-0.05, 0) is 104 Å². The predicted molar refractivity (Wildman–Crippen MR) is 199 cm³/mol. The van der Waals surface area contributed by atoms with Crippen LogP contribution in [0.1, 0.15) is 120 Å². The highest BCUT2D eigenvalue weighted by atomic mass is 16.7. The Labute approximate surface area is 332 Å². The first-order valence-electron chi connectivity index (χ1n) is 21.4. The normalized spacial score (nSPS) is 46.8. The summed E-state index contributed by atoms with van der Waals surface area (Å²) in [4.78, 5) is 48.1. The summed E-state index contributed by atoms with van der Waals surface area (Å²) < 4.78 is 53.9. The first kappa shape index (κ1) is 41.8. The lowest BCUT2D eigenvalue weighted by Crippen LogP contribution is -2.63. The van der Waals surface area contributed by atoms with Crippen LogP contribution in [0.4, 0.5) is 0 Å². The third-order valence-electron chi connectivity index (χ3n) is 15.6. The number of carbonyl (C=O) groups excluding carboxylic acids is 4. The van der Waals surface area contributed by atoms with Gasteiger partial charge in [0.1, 0.15) is 12.7 Å². The summed E-state index contributed by atoms with van der Waals surface area (Å²) in [6.45, 7) is 15.6. The summed E-state index contributed by atoms with van der Waals surface area (Å²) in [6, 6.07) is 0. The minimum Gasteiger partial charge on any atom is -0.463 e. The molecule has 0 N–H and O–H groups in total. The SMILES string of the molecule is CC(=O)OC[C@H]1O[C@@H](OCCO[C@H]2CC[C@@]3(C)[C@@H](CC[C@@H]4[C@@H]3CC[C@]3(C)[C@@H]5[C@H](C[C@@H]43)O[C@]3(CC[C@@H](C)CO3)[C@H]5C)C2)[C@H](OC(C)=O)[C@@H](OC(C)=O)[C@H]1OC(C)=O. The van der Waals surface area contributed by atoms with Crippen molar-refractivity contribution < 1.29 is 61.8 Å². The van der Waals surface area contributed by atoms with Gasteiger partial charge >= 0.3 is 23.9 Å². The Morgan fingerprint density at radius 2 is 1.38 bits per heavy atom. The van der Waals surface area contributed by atoms with Crippen molar-refractivity contribution in [2.24, 2.45) is 52.3 Å². The molecule has 0 bridgehead atoms. The Bertz CT molecular complexity index is 1460. The van der Waals surface area contributed by atoms with Gasteiger partial charge in [0.2, 0.25) is 0 Å². The summed E-state index contributed by atoms with van der Waals surface area (Å²) in [7, 11) is 0. The Balaban J connectivity index is 0.948. The molecule has 0 aromatic carbocycles. The average molecular weight is 791 g/mol. The Hall–Kier alpha value is -2.32. The molecule has 4 aliphatic carbocycles. The van der Waals surface area contributed by atoms with Gasteiger partial charge < -0.3 is 42.6 Å². The van der Waals surface area contributed by atoms with E-state index in [9.17, 15) is 19.2 Å². The van der Waals surface area contributed by atoms with Gasteiger partial charge in [-0.25, -0.2) is 0 Å². The van der Waals surface area contributed by atoms with E-state index in [1.165, 1.54) is 66.2 Å². The minimum atomic E-state index is -1.27. The van der Waals surface area contributed by atoms with E-state index >= 15 is 0 Å². The number of esters is 4. The zero-order valence-corrected chi connectivity index (χ0v) is 34.8. The van der Waals surface area contributed by atoms with Crippen molar-refractivity contribution in [1.82, 2.24) is 0 Å². The summed E-state index contributed by atoms with van der Waals surface area (Å²) in [5, 5.41) is 0. The van der Waals surface area contributed by atoms with E-state index in [1.807, 2.05) is 0 Å². The smallest absolute Gasteiger partial charge is 0.303 e. The average Bonchev–Trinajstić information content (AvgIpc) is 3.57. The number of hydrogen-bond acceptors (Lipinski definition) is 13. The van der Waals surface area contributed by atoms with Crippen LogP contribution < -0.4 is 0 Å². The second-order valence-corrected chi connectivity index (χ2v) is 18.9. The van der Waals surface area contributed by atoms with E-state index in [2.05, 4.69) is 27.7 Å². The van der Waals surface area contributed by atoms with E-state index in [1.54, 1.807) is 0 Å². The van der Waals surface area contributed by atoms with Gasteiger partial charge in [0.05, 0.1) is 32.0 Å². The van der Waals surface area contributed by atoms with Crippen molar-refractivity contribution in [2.45, 2.75) is 168 Å². The molecule has 13 nitrogen and oxygen atoms in total. The lowest BCUT2D eigenvalue weighted by atomic mass is 9.44. The third kappa shape index (κ3) is 7.89. The molecule has 0 aromatic rings. The van der Waals surface area contributed by atoms with Crippen LogP contribution in [0.15, 0.2) is 0 Å². The lowest BCUT2D eigenvalue weighted by molar-refractivity contribution is -0.309. The summed E-state index contributed by atoms with van der Waals surface area (Å²) in [6.07, 6.45) is 6.02. The number of ether oxygens (including phenoxy) is 9. The summed E-state index contributed by atoms with van der Waals surface area (Å²) in [5.74, 6) is 1.41. The summed E-state index contributed by atoms with van der Waals surface area (Å²) >= 11 is 0. The van der Waals surface area contributed by atoms with E-state index < -0.39 is 54.6 Å². The molecule has 7 rings (SSSR count). The molecule has 0 amide bonds. The van der Waals surface area contributed by atoms with Crippen molar-refractivity contribution in [3.05, 3.63) is 0 Å². The number of hydrogen-bond donors (Lipinski definition) is 0. The second-order valence-electron chi connectivity index (χ2n) is 18.9. The predicted octanol–water partition coefficient (Wildman–Crippen LogP) is 5.92. The molecule has 0 radical (unpaired) electrons. The zero-order chi connectivity index (χ0) is 40.2. The van der Waals surface area contributed by atoms with E-state index in [0.717, 1.165) is 44.1 Å². The van der Waals surface area contributed by atoms with Crippen molar-refractivity contribution in [3.63, 3.8) is 0 Å².